The first kappa shape index (κ1) is 10.8. The molecule has 0 spiro atoms. The molecule has 0 fully saturated rings. The Labute approximate surface area is 112 Å². The van der Waals surface area contributed by atoms with Crippen molar-refractivity contribution in [2.45, 2.75) is 19.3 Å². The van der Waals surface area contributed by atoms with Gasteiger partial charge in [-0.2, -0.15) is 0 Å². The topological polar surface area (TPSA) is 12.9 Å². The van der Waals surface area contributed by atoms with Gasteiger partial charge in [0.05, 0.1) is 15.6 Å². The molecule has 82 valence electrons. The molecule has 0 atom stereocenters. The number of aromatic nitrogens is 1. The van der Waals surface area contributed by atoms with E-state index in [1.165, 1.54) is 5.56 Å². The quantitative estimate of drug-likeness (QED) is 0.680. The number of hydrogen-bond donors (Lipinski definition) is 0. The summed E-state index contributed by atoms with van der Waals surface area (Å²) in [4.78, 5) is 4.62. The summed E-state index contributed by atoms with van der Waals surface area (Å²) in [6, 6.07) is 3.84. The van der Waals surface area contributed by atoms with Gasteiger partial charge in [-0.15, -0.1) is 0 Å². The van der Waals surface area contributed by atoms with E-state index in [4.69, 9.17) is 23.2 Å². The fourth-order valence-corrected chi connectivity index (χ4v) is 3.43. The monoisotopic (exact) mass is 315 g/mol. The summed E-state index contributed by atoms with van der Waals surface area (Å²) in [5, 5.41) is 2.42. The lowest BCUT2D eigenvalue weighted by atomic mass is 10.1. The van der Waals surface area contributed by atoms with Gasteiger partial charge in [-0.3, -0.25) is 4.98 Å². The van der Waals surface area contributed by atoms with Crippen LogP contribution in [0.25, 0.3) is 10.9 Å². The number of halogens is 3. The highest BCUT2D eigenvalue weighted by atomic mass is 79.9. The van der Waals surface area contributed by atoms with Crippen molar-refractivity contribution in [2.24, 2.45) is 0 Å². The second kappa shape index (κ2) is 3.86. The summed E-state index contributed by atoms with van der Waals surface area (Å²) in [6.45, 7) is 0. The molecule has 2 aromatic rings. The third-order valence-corrected chi connectivity index (χ3v) is 4.14. The Morgan fingerprint density at radius 3 is 2.81 bits per heavy atom. The fraction of sp³-hybridized carbons (Fsp3) is 0.250. The number of fused-ring (bicyclic) bond motifs is 2. The summed E-state index contributed by atoms with van der Waals surface area (Å²) < 4.78 is 0.937. The van der Waals surface area contributed by atoms with Crippen LogP contribution < -0.4 is 0 Å². The highest BCUT2D eigenvalue weighted by molar-refractivity contribution is 9.10. The molecule has 0 bridgehead atoms. The first-order chi connectivity index (χ1) is 7.66. The molecule has 0 unspecified atom stereocenters. The van der Waals surface area contributed by atoms with E-state index in [1.54, 1.807) is 0 Å². The lowest BCUT2D eigenvalue weighted by molar-refractivity contribution is 0.901. The molecule has 3 rings (SSSR count). The minimum Gasteiger partial charge on any atom is -0.251 e. The van der Waals surface area contributed by atoms with Crippen molar-refractivity contribution < 1.29 is 0 Å². The zero-order valence-corrected chi connectivity index (χ0v) is 11.5. The van der Waals surface area contributed by atoms with E-state index in [0.29, 0.717) is 5.02 Å². The predicted octanol–water partition coefficient (Wildman–Crippen LogP) is 4.79. The van der Waals surface area contributed by atoms with Gasteiger partial charge < -0.3 is 0 Å². The van der Waals surface area contributed by atoms with Crippen LogP contribution in [0, 0.1) is 0 Å². The van der Waals surface area contributed by atoms with Gasteiger partial charge in [0.1, 0.15) is 0 Å². The maximum Gasteiger partial charge on any atom is 0.0907 e. The summed E-state index contributed by atoms with van der Waals surface area (Å²) in [5.41, 5.74) is 3.13. The lowest BCUT2D eigenvalue weighted by Gasteiger charge is -2.08. The van der Waals surface area contributed by atoms with Crippen LogP contribution in [-0.4, -0.2) is 4.98 Å². The van der Waals surface area contributed by atoms with Crippen LogP contribution >= 0.6 is 39.1 Å². The normalized spacial score (nSPS) is 14.4. The summed E-state index contributed by atoms with van der Waals surface area (Å²) in [6.07, 6.45) is 3.18. The molecule has 16 heavy (non-hydrogen) atoms. The van der Waals surface area contributed by atoms with E-state index in [0.717, 1.165) is 45.4 Å². The van der Waals surface area contributed by atoms with E-state index in [1.807, 2.05) is 12.1 Å². The molecule has 1 aliphatic carbocycles. The second-order valence-electron chi connectivity index (χ2n) is 3.99. The third-order valence-electron chi connectivity index (χ3n) is 2.97. The van der Waals surface area contributed by atoms with Gasteiger partial charge in [0, 0.05) is 15.6 Å². The zero-order chi connectivity index (χ0) is 11.3. The maximum atomic E-state index is 6.41. The molecular formula is C12H8BrCl2N. The van der Waals surface area contributed by atoms with Crippen molar-refractivity contribution in [3.05, 3.63) is 37.9 Å². The molecule has 1 nitrogen and oxygen atoms in total. The van der Waals surface area contributed by atoms with Crippen LogP contribution in [0.15, 0.2) is 16.6 Å². The van der Waals surface area contributed by atoms with Crippen LogP contribution in [0.3, 0.4) is 0 Å². The average Bonchev–Trinajstić information content (AvgIpc) is 2.68. The highest BCUT2D eigenvalue weighted by Crippen LogP contribution is 2.37. The van der Waals surface area contributed by atoms with E-state index in [2.05, 4.69) is 20.9 Å². The molecule has 4 heteroatoms. The van der Waals surface area contributed by atoms with E-state index in [-0.39, 0.29) is 0 Å². The molecule has 1 heterocycles. The molecule has 1 aromatic heterocycles. The highest BCUT2D eigenvalue weighted by Gasteiger charge is 2.19. The van der Waals surface area contributed by atoms with Crippen LogP contribution in [-0.2, 0) is 12.8 Å². The number of hydrogen-bond acceptors (Lipinski definition) is 1. The Kier molecular flexibility index (Phi) is 2.61. The van der Waals surface area contributed by atoms with Crippen molar-refractivity contribution in [3.63, 3.8) is 0 Å². The van der Waals surface area contributed by atoms with Crippen LogP contribution in [0.4, 0.5) is 0 Å². The molecule has 0 N–H and O–H groups in total. The Morgan fingerprint density at radius 2 is 2.00 bits per heavy atom. The van der Waals surface area contributed by atoms with Gasteiger partial charge in [-0.25, -0.2) is 0 Å². The molecule has 0 saturated carbocycles. The standard InChI is InChI=1S/C12H8BrCl2N/c13-6-4-8-11(15)7-2-1-3-10(7)16-12(8)9(14)5-6/h4-5H,1-3H2. The summed E-state index contributed by atoms with van der Waals surface area (Å²) in [7, 11) is 0. The van der Waals surface area contributed by atoms with E-state index < -0.39 is 0 Å². The molecule has 1 aromatic carbocycles. The predicted molar refractivity (Wildman–Crippen MR) is 71.5 cm³/mol. The van der Waals surface area contributed by atoms with Gasteiger partial charge >= 0.3 is 0 Å². The number of aryl methyl sites for hydroxylation is 1. The second-order valence-corrected chi connectivity index (χ2v) is 5.69. The Balaban J connectivity index is 2.46. The minimum atomic E-state index is 0.654. The van der Waals surface area contributed by atoms with Crippen molar-refractivity contribution in [3.8, 4) is 0 Å². The Hall–Kier alpha value is -0.310. The van der Waals surface area contributed by atoms with Crippen molar-refractivity contribution in [1.82, 2.24) is 4.98 Å². The van der Waals surface area contributed by atoms with Crippen molar-refractivity contribution >= 4 is 50.0 Å². The largest absolute Gasteiger partial charge is 0.251 e. The SMILES string of the molecule is Clc1c2c(nc3c(Cl)cc(Br)cc13)CCC2. The van der Waals surface area contributed by atoms with Gasteiger partial charge in [0.15, 0.2) is 0 Å². The minimum absolute atomic E-state index is 0.654. The van der Waals surface area contributed by atoms with E-state index >= 15 is 0 Å². The molecule has 0 radical (unpaired) electrons. The smallest absolute Gasteiger partial charge is 0.0907 e. The third kappa shape index (κ3) is 1.55. The molecule has 0 aliphatic heterocycles. The van der Waals surface area contributed by atoms with Crippen LogP contribution in [0.2, 0.25) is 10.0 Å². The average molecular weight is 317 g/mol. The van der Waals surface area contributed by atoms with Crippen molar-refractivity contribution in [1.29, 1.82) is 0 Å². The van der Waals surface area contributed by atoms with Gasteiger partial charge in [-0.1, -0.05) is 39.1 Å². The Morgan fingerprint density at radius 1 is 1.19 bits per heavy atom. The number of pyridine rings is 1. The number of rotatable bonds is 0. The van der Waals surface area contributed by atoms with Gasteiger partial charge in [-0.05, 0) is 37.0 Å². The summed E-state index contributed by atoms with van der Waals surface area (Å²) >= 11 is 16.0. The molecule has 0 saturated heterocycles. The molecule has 0 amide bonds. The fourth-order valence-electron chi connectivity index (χ4n) is 2.23. The van der Waals surface area contributed by atoms with Crippen molar-refractivity contribution in [2.75, 3.05) is 0 Å². The van der Waals surface area contributed by atoms with Gasteiger partial charge in [0.2, 0.25) is 0 Å². The van der Waals surface area contributed by atoms with Gasteiger partial charge in [0.25, 0.3) is 0 Å². The van der Waals surface area contributed by atoms with Crippen LogP contribution in [0.5, 0.6) is 0 Å². The Bertz CT molecular complexity index is 595. The first-order valence-corrected chi connectivity index (χ1v) is 6.67. The first-order valence-electron chi connectivity index (χ1n) is 5.13. The maximum absolute atomic E-state index is 6.41. The molecular weight excluding hydrogens is 309 g/mol. The summed E-state index contributed by atoms with van der Waals surface area (Å²) in [5.74, 6) is 0. The zero-order valence-electron chi connectivity index (χ0n) is 8.36. The van der Waals surface area contributed by atoms with E-state index in [9.17, 15) is 0 Å². The molecule has 1 aliphatic rings. The lowest BCUT2D eigenvalue weighted by Crippen LogP contribution is -1.92. The van der Waals surface area contributed by atoms with Crippen LogP contribution in [0.1, 0.15) is 17.7 Å². The number of nitrogens with zero attached hydrogens (tertiary/aromatic N) is 1. The number of benzene rings is 1.